The highest BCUT2D eigenvalue weighted by molar-refractivity contribution is 5.23. The number of halogens is 2. The normalized spacial score (nSPS) is 12.5. The Morgan fingerprint density at radius 2 is 2.07 bits per heavy atom. The predicted octanol–water partition coefficient (Wildman–Crippen LogP) is 2.47. The second-order valence-electron chi connectivity index (χ2n) is 3.44. The van der Waals surface area contributed by atoms with Crippen molar-refractivity contribution >= 4 is 0 Å². The summed E-state index contributed by atoms with van der Waals surface area (Å²) in [5.41, 5.74) is 5.35. The maximum Gasteiger partial charge on any atom is 0.162 e. The first-order valence-corrected chi connectivity index (χ1v) is 4.95. The first-order valence-electron chi connectivity index (χ1n) is 4.95. The minimum Gasteiger partial charge on any atom is -0.491 e. The van der Waals surface area contributed by atoms with Crippen molar-refractivity contribution < 1.29 is 13.5 Å². The van der Waals surface area contributed by atoms with Gasteiger partial charge in [-0.15, -0.1) is 0 Å². The van der Waals surface area contributed by atoms with E-state index in [1.54, 1.807) is 0 Å². The molecule has 0 aromatic heterocycles. The van der Waals surface area contributed by atoms with Crippen LogP contribution in [0.15, 0.2) is 18.2 Å². The molecule has 0 aliphatic carbocycles. The topological polar surface area (TPSA) is 35.2 Å². The molecule has 0 amide bonds. The second kappa shape index (κ2) is 5.66. The van der Waals surface area contributed by atoms with Gasteiger partial charge in [-0.1, -0.05) is 0 Å². The van der Waals surface area contributed by atoms with Crippen LogP contribution in [0.1, 0.15) is 19.8 Å². The monoisotopic (exact) mass is 215 g/mol. The van der Waals surface area contributed by atoms with Crippen LogP contribution in [-0.4, -0.2) is 12.6 Å². The smallest absolute Gasteiger partial charge is 0.162 e. The van der Waals surface area contributed by atoms with E-state index < -0.39 is 11.6 Å². The summed E-state index contributed by atoms with van der Waals surface area (Å²) in [5.74, 6) is -1.41. The summed E-state index contributed by atoms with van der Waals surface area (Å²) in [5, 5.41) is 0. The lowest BCUT2D eigenvalue weighted by molar-refractivity contribution is 0.207. The molecule has 1 rings (SSSR count). The van der Waals surface area contributed by atoms with Gasteiger partial charge in [0.15, 0.2) is 11.6 Å². The molecule has 0 heterocycles. The van der Waals surface area contributed by atoms with Crippen LogP contribution in [-0.2, 0) is 0 Å². The average molecular weight is 215 g/mol. The third-order valence-electron chi connectivity index (χ3n) is 2.04. The molecular weight excluding hydrogens is 200 g/mol. The van der Waals surface area contributed by atoms with Crippen molar-refractivity contribution in [1.29, 1.82) is 0 Å². The minimum atomic E-state index is -0.890. The zero-order valence-electron chi connectivity index (χ0n) is 8.67. The van der Waals surface area contributed by atoms with Gasteiger partial charge in [0, 0.05) is 6.07 Å². The van der Waals surface area contributed by atoms with E-state index in [-0.39, 0.29) is 6.10 Å². The molecule has 1 aromatic carbocycles. The number of benzene rings is 1. The Morgan fingerprint density at radius 1 is 1.33 bits per heavy atom. The number of hydrogen-bond donors (Lipinski definition) is 1. The fourth-order valence-corrected chi connectivity index (χ4v) is 1.25. The van der Waals surface area contributed by atoms with Crippen LogP contribution in [0.2, 0.25) is 0 Å². The van der Waals surface area contributed by atoms with E-state index in [4.69, 9.17) is 10.5 Å². The third kappa shape index (κ3) is 3.83. The van der Waals surface area contributed by atoms with Gasteiger partial charge in [-0.25, -0.2) is 8.78 Å². The molecular formula is C11H15F2NO. The molecule has 2 N–H and O–H groups in total. The molecule has 0 saturated carbocycles. The van der Waals surface area contributed by atoms with E-state index in [1.165, 1.54) is 6.07 Å². The quantitative estimate of drug-likeness (QED) is 0.818. The zero-order valence-corrected chi connectivity index (χ0v) is 8.67. The fraction of sp³-hybridized carbons (Fsp3) is 0.455. The van der Waals surface area contributed by atoms with Gasteiger partial charge < -0.3 is 10.5 Å². The summed E-state index contributed by atoms with van der Waals surface area (Å²) in [4.78, 5) is 0. The van der Waals surface area contributed by atoms with Crippen LogP contribution in [0, 0.1) is 11.6 Å². The van der Waals surface area contributed by atoms with Crippen molar-refractivity contribution in [2.24, 2.45) is 5.73 Å². The molecule has 0 aliphatic rings. The van der Waals surface area contributed by atoms with E-state index in [0.29, 0.717) is 12.3 Å². The molecule has 15 heavy (non-hydrogen) atoms. The lowest BCUT2D eigenvalue weighted by atomic mass is 10.2. The van der Waals surface area contributed by atoms with Crippen LogP contribution >= 0.6 is 0 Å². The Hall–Kier alpha value is -1.16. The van der Waals surface area contributed by atoms with Crippen molar-refractivity contribution in [3.63, 3.8) is 0 Å². The SMILES string of the molecule is CC(CCCN)Oc1ccc(F)c(F)c1. The number of ether oxygens (including phenoxy) is 1. The summed E-state index contributed by atoms with van der Waals surface area (Å²) >= 11 is 0. The molecule has 0 radical (unpaired) electrons. The van der Waals surface area contributed by atoms with Gasteiger partial charge in [-0.2, -0.15) is 0 Å². The van der Waals surface area contributed by atoms with E-state index in [2.05, 4.69) is 0 Å². The minimum absolute atomic E-state index is 0.0431. The van der Waals surface area contributed by atoms with Crippen molar-refractivity contribution in [1.82, 2.24) is 0 Å². The van der Waals surface area contributed by atoms with Crippen LogP contribution in [0.4, 0.5) is 8.78 Å². The first kappa shape index (κ1) is 11.9. The molecule has 84 valence electrons. The fourth-order valence-electron chi connectivity index (χ4n) is 1.25. The highest BCUT2D eigenvalue weighted by Crippen LogP contribution is 2.17. The first-order chi connectivity index (χ1) is 7.13. The summed E-state index contributed by atoms with van der Waals surface area (Å²) in [6, 6.07) is 3.52. The maximum absolute atomic E-state index is 12.8. The molecule has 0 saturated heterocycles. The molecule has 0 spiro atoms. The van der Waals surface area contributed by atoms with Gasteiger partial charge in [0.05, 0.1) is 6.10 Å². The van der Waals surface area contributed by atoms with E-state index in [9.17, 15) is 8.78 Å². The maximum atomic E-state index is 12.8. The van der Waals surface area contributed by atoms with Gasteiger partial charge in [0.25, 0.3) is 0 Å². The van der Waals surface area contributed by atoms with Gasteiger partial charge in [0.1, 0.15) is 5.75 Å². The molecule has 0 bridgehead atoms. The lowest BCUT2D eigenvalue weighted by Gasteiger charge is -2.14. The molecule has 2 nitrogen and oxygen atoms in total. The van der Waals surface area contributed by atoms with Crippen molar-refractivity contribution in [3.8, 4) is 5.75 Å². The van der Waals surface area contributed by atoms with Crippen molar-refractivity contribution in [2.45, 2.75) is 25.9 Å². The van der Waals surface area contributed by atoms with Crippen LogP contribution < -0.4 is 10.5 Å². The Balaban J connectivity index is 2.53. The van der Waals surface area contributed by atoms with E-state index in [0.717, 1.165) is 25.0 Å². The van der Waals surface area contributed by atoms with Gasteiger partial charge >= 0.3 is 0 Å². The Bertz CT molecular complexity index is 317. The second-order valence-corrected chi connectivity index (χ2v) is 3.44. The third-order valence-corrected chi connectivity index (χ3v) is 2.04. The molecule has 1 atom stereocenters. The summed E-state index contributed by atoms with van der Waals surface area (Å²) in [7, 11) is 0. The number of rotatable bonds is 5. The van der Waals surface area contributed by atoms with Gasteiger partial charge in [-0.3, -0.25) is 0 Å². The van der Waals surface area contributed by atoms with Crippen LogP contribution in [0.5, 0.6) is 5.75 Å². The summed E-state index contributed by atoms with van der Waals surface area (Å²) < 4.78 is 30.8. The summed E-state index contributed by atoms with van der Waals surface area (Å²) in [6.45, 7) is 2.47. The zero-order chi connectivity index (χ0) is 11.3. The summed E-state index contributed by atoms with van der Waals surface area (Å²) in [6.07, 6.45) is 1.61. The molecule has 4 heteroatoms. The molecule has 1 unspecified atom stereocenters. The average Bonchev–Trinajstić information content (AvgIpc) is 2.20. The number of nitrogens with two attached hydrogens (primary N) is 1. The highest BCUT2D eigenvalue weighted by Gasteiger charge is 2.06. The standard InChI is InChI=1S/C11H15F2NO/c1-8(3-2-6-14)15-9-4-5-10(12)11(13)7-9/h4-5,7-8H,2-3,6,14H2,1H3. The predicted molar refractivity (Wildman–Crippen MR) is 54.7 cm³/mol. The molecule has 0 aliphatic heterocycles. The largest absolute Gasteiger partial charge is 0.491 e. The van der Waals surface area contributed by atoms with Gasteiger partial charge in [0.2, 0.25) is 0 Å². The van der Waals surface area contributed by atoms with E-state index >= 15 is 0 Å². The van der Waals surface area contributed by atoms with Gasteiger partial charge in [-0.05, 0) is 38.4 Å². The number of hydrogen-bond acceptors (Lipinski definition) is 2. The molecule has 1 aromatic rings. The van der Waals surface area contributed by atoms with Crippen LogP contribution in [0.25, 0.3) is 0 Å². The lowest BCUT2D eigenvalue weighted by Crippen LogP contribution is -2.14. The van der Waals surface area contributed by atoms with E-state index in [1.807, 2.05) is 6.92 Å². The van der Waals surface area contributed by atoms with Crippen LogP contribution in [0.3, 0.4) is 0 Å². The molecule has 0 fully saturated rings. The Kier molecular flexibility index (Phi) is 4.49. The van der Waals surface area contributed by atoms with Crippen molar-refractivity contribution in [3.05, 3.63) is 29.8 Å². The highest BCUT2D eigenvalue weighted by atomic mass is 19.2. The van der Waals surface area contributed by atoms with Crippen molar-refractivity contribution in [2.75, 3.05) is 6.54 Å². The Morgan fingerprint density at radius 3 is 2.67 bits per heavy atom. The Labute approximate surface area is 88.0 Å².